The van der Waals surface area contributed by atoms with Crippen molar-refractivity contribution >= 4 is 28.2 Å². The van der Waals surface area contributed by atoms with E-state index in [9.17, 15) is 4.79 Å². The van der Waals surface area contributed by atoms with Crippen LogP contribution < -0.4 is 11.1 Å². The lowest BCUT2D eigenvalue weighted by Gasteiger charge is -2.19. The molecule has 0 aliphatic heterocycles. The summed E-state index contributed by atoms with van der Waals surface area (Å²) in [4.78, 5) is 18.6. The third-order valence-electron chi connectivity index (χ3n) is 2.65. The molecule has 114 valence electrons. The monoisotopic (exact) mass is 308 g/mol. The first-order valence-corrected chi connectivity index (χ1v) is 7.40. The molecule has 0 aliphatic carbocycles. The molecule has 0 fully saturated rings. The summed E-state index contributed by atoms with van der Waals surface area (Å²) in [6.07, 6.45) is 1.58. The maximum atomic E-state index is 12.4. The van der Waals surface area contributed by atoms with Crippen LogP contribution in [0, 0.1) is 0 Å². The number of nitrogens with one attached hydrogen (secondary N) is 1. The molecule has 0 atom stereocenters. The van der Waals surface area contributed by atoms with E-state index in [-0.39, 0.29) is 17.3 Å². The number of aromatic nitrogens is 1. The number of nitrogens with two attached hydrogens (primary N) is 1. The van der Waals surface area contributed by atoms with Gasteiger partial charge < -0.3 is 20.4 Å². The van der Waals surface area contributed by atoms with Crippen molar-refractivity contribution in [2.24, 2.45) is 0 Å². The van der Waals surface area contributed by atoms with Crippen molar-refractivity contribution in [3.63, 3.8) is 0 Å². The van der Waals surface area contributed by atoms with Gasteiger partial charge in [-0.15, -0.1) is 0 Å². The van der Waals surface area contributed by atoms with Crippen LogP contribution in [0.4, 0.5) is 10.9 Å². The van der Waals surface area contributed by atoms with Gasteiger partial charge in [-0.2, -0.15) is 0 Å². The van der Waals surface area contributed by atoms with E-state index in [1.165, 1.54) is 11.3 Å². The van der Waals surface area contributed by atoms with Crippen LogP contribution in [-0.4, -0.2) is 28.4 Å². The molecule has 2 aromatic heterocycles. The van der Waals surface area contributed by atoms with Crippen molar-refractivity contribution in [3.05, 3.63) is 29.0 Å². The van der Waals surface area contributed by atoms with Gasteiger partial charge in [0.25, 0.3) is 5.91 Å². The van der Waals surface area contributed by atoms with Gasteiger partial charge in [-0.25, -0.2) is 4.98 Å². The number of carbonyl (C=O) groups is 1. The summed E-state index contributed by atoms with van der Waals surface area (Å²) >= 11 is 1.27. The van der Waals surface area contributed by atoms with E-state index >= 15 is 0 Å². The van der Waals surface area contributed by atoms with Crippen molar-refractivity contribution in [3.8, 4) is 0 Å². The Kier molecular flexibility index (Phi) is 4.22. The maximum absolute atomic E-state index is 12.4. The Balaban J connectivity index is 2.11. The van der Waals surface area contributed by atoms with Gasteiger partial charge in [0.2, 0.25) is 0 Å². The fourth-order valence-electron chi connectivity index (χ4n) is 1.74. The molecule has 0 unspecified atom stereocenters. The summed E-state index contributed by atoms with van der Waals surface area (Å²) in [7, 11) is 1.71. The molecule has 3 N–H and O–H groups in total. The molecular formula is C14H20N4O2S. The SMILES string of the molecule is CN(Cc1ccco1)C(=O)c1sc(NC(C)(C)C)nc1N. The van der Waals surface area contributed by atoms with E-state index in [4.69, 9.17) is 10.2 Å². The lowest BCUT2D eigenvalue weighted by molar-refractivity contribution is 0.0781. The molecule has 0 aliphatic rings. The van der Waals surface area contributed by atoms with Gasteiger partial charge in [-0.05, 0) is 32.9 Å². The van der Waals surface area contributed by atoms with Gasteiger partial charge in [0, 0.05) is 12.6 Å². The van der Waals surface area contributed by atoms with Crippen LogP contribution >= 0.6 is 11.3 Å². The number of anilines is 2. The number of furan rings is 1. The molecule has 0 radical (unpaired) electrons. The fourth-order valence-corrected chi connectivity index (χ4v) is 2.83. The van der Waals surface area contributed by atoms with Crippen LogP contribution in [0.3, 0.4) is 0 Å². The van der Waals surface area contributed by atoms with Crippen molar-refractivity contribution in [1.82, 2.24) is 9.88 Å². The second-order valence-electron chi connectivity index (χ2n) is 5.85. The lowest BCUT2D eigenvalue weighted by Crippen LogP contribution is -2.26. The fraction of sp³-hybridized carbons (Fsp3) is 0.429. The zero-order chi connectivity index (χ0) is 15.6. The standard InChI is InChI=1S/C14H20N4O2S/c1-14(2,3)17-13-16-11(15)10(21-13)12(19)18(4)8-9-6-5-7-20-9/h5-7H,8,15H2,1-4H3,(H,16,17). The van der Waals surface area contributed by atoms with E-state index in [1.54, 1.807) is 24.3 Å². The normalized spacial score (nSPS) is 11.4. The Hall–Kier alpha value is -2.02. The van der Waals surface area contributed by atoms with Crippen LogP contribution in [0.25, 0.3) is 0 Å². The average Bonchev–Trinajstić information content (AvgIpc) is 2.96. The van der Waals surface area contributed by atoms with Crippen LogP contribution in [0.5, 0.6) is 0 Å². The van der Waals surface area contributed by atoms with Gasteiger partial charge in [0.05, 0.1) is 12.8 Å². The Morgan fingerprint density at radius 2 is 2.24 bits per heavy atom. The van der Waals surface area contributed by atoms with Gasteiger partial charge in [-0.3, -0.25) is 4.79 Å². The first kappa shape index (κ1) is 15.4. The number of nitrogen functional groups attached to an aromatic ring is 1. The van der Waals surface area contributed by atoms with E-state index in [1.807, 2.05) is 26.8 Å². The van der Waals surface area contributed by atoms with Crippen molar-refractivity contribution < 1.29 is 9.21 Å². The Labute approximate surface area is 128 Å². The minimum atomic E-state index is -0.164. The van der Waals surface area contributed by atoms with Crippen LogP contribution in [-0.2, 0) is 6.54 Å². The number of nitrogens with zero attached hydrogens (tertiary/aromatic N) is 2. The zero-order valence-electron chi connectivity index (χ0n) is 12.6. The number of hydrogen-bond donors (Lipinski definition) is 2. The van der Waals surface area contributed by atoms with E-state index in [0.717, 1.165) is 5.76 Å². The highest BCUT2D eigenvalue weighted by Gasteiger charge is 2.22. The first-order valence-electron chi connectivity index (χ1n) is 6.58. The third kappa shape index (κ3) is 3.98. The molecule has 0 bridgehead atoms. The highest BCUT2D eigenvalue weighted by atomic mass is 32.1. The lowest BCUT2D eigenvalue weighted by atomic mass is 10.1. The summed E-state index contributed by atoms with van der Waals surface area (Å²) in [5, 5.41) is 3.87. The molecule has 21 heavy (non-hydrogen) atoms. The Morgan fingerprint density at radius 1 is 1.52 bits per heavy atom. The van der Waals surface area contributed by atoms with Crippen LogP contribution in [0.2, 0.25) is 0 Å². The number of carbonyl (C=O) groups excluding carboxylic acids is 1. The molecule has 0 spiro atoms. The Bertz CT molecular complexity index is 613. The van der Waals surface area contributed by atoms with Gasteiger partial charge >= 0.3 is 0 Å². The van der Waals surface area contributed by atoms with Gasteiger partial charge in [0.1, 0.15) is 16.5 Å². The molecular weight excluding hydrogens is 288 g/mol. The average molecular weight is 308 g/mol. The van der Waals surface area contributed by atoms with Crippen LogP contribution in [0.15, 0.2) is 22.8 Å². The summed E-state index contributed by atoms with van der Waals surface area (Å²) < 4.78 is 5.24. The number of rotatable bonds is 4. The first-order chi connectivity index (χ1) is 9.76. The van der Waals surface area contributed by atoms with Gasteiger partial charge in [-0.1, -0.05) is 11.3 Å². The number of amides is 1. The molecule has 7 heteroatoms. The molecule has 0 saturated heterocycles. The predicted octanol–water partition coefficient (Wildman–Crippen LogP) is 2.80. The molecule has 6 nitrogen and oxygen atoms in total. The van der Waals surface area contributed by atoms with E-state index in [2.05, 4.69) is 10.3 Å². The molecule has 0 aromatic carbocycles. The highest BCUT2D eigenvalue weighted by molar-refractivity contribution is 7.18. The largest absolute Gasteiger partial charge is 0.467 e. The summed E-state index contributed by atoms with van der Waals surface area (Å²) in [6.45, 7) is 6.46. The third-order valence-corrected chi connectivity index (χ3v) is 3.62. The number of hydrogen-bond acceptors (Lipinski definition) is 6. The summed E-state index contributed by atoms with van der Waals surface area (Å²) in [6, 6.07) is 3.62. The molecule has 2 heterocycles. The zero-order valence-corrected chi connectivity index (χ0v) is 13.5. The maximum Gasteiger partial charge on any atom is 0.268 e. The van der Waals surface area contributed by atoms with E-state index in [0.29, 0.717) is 16.6 Å². The van der Waals surface area contributed by atoms with E-state index < -0.39 is 0 Å². The van der Waals surface area contributed by atoms with Gasteiger partial charge in [0.15, 0.2) is 5.13 Å². The van der Waals surface area contributed by atoms with Crippen molar-refractivity contribution in [2.75, 3.05) is 18.1 Å². The molecule has 0 saturated carbocycles. The van der Waals surface area contributed by atoms with Crippen LogP contribution in [0.1, 0.15) is 36.2 Å². The molecule has 2 aromatic rings. The minimum Gasteiger partial charge on any atom is -0.467 e. The summed E-state index contributed by atoms with van der Waals surface area (Å²) in [5.74, 6) is 0.813. The predicted molar refractivity (Wildman–Crippen MR) is 84.4 cm³/mol. The highest BCUT2D eigenvalue weighted by Crippen LogP contribution is 2.28. The molecule has 1 amide bonds. The minimum absolute atomic E-state index is 0.134. The summed E-state index contributed by atoms with van der Waals surface area (Å²) in [5.41, 5.74) is 5.73. The number of thiazole rings is 1. The topological polar surface area (TPSA) is 84.4 Å². The van der Waals surface area contributed by atoms with Crippen molar-refractivity contribution in [2.45, 2.75) is 32.9 Å². The second-order valence-corrected chi connectivity index (χ2v) is 6.85. The smallest absolute Gasteiger partial charge is 0.268 e. The second kappa shape index (κ2) is 5.77. The van der Waals surface area contributed by atoms with Crippen molar-refractivity contribution in [1.29, 1.82) is 0 Å². The Morgan fingerprint density at radius 3 is 2.81 bits per heavy atom. The molecule has 2 rings (SSSR count). The quantitative estimate of drug-likeness (QED) is 0.907.